The second-order valence-corrected chi connectivity index (χ2v) is 21.2. The van der Waals surface area contributed by atoms with E-state index in [9.17, 15) is 4.79 Å². The molecule has 6 heteroatoms. The number of carbonyl (C=O) groups is 1. The normalized spacial score (nSPS) is 13.2. The van der Waals surface area contributed by atoms with E-state index >= 15 is 0 Å². The van der Waals surface area contributed by atoms with Gasteiger partial charge in [0, 0.05) is 51.4 Å². The van der Waals surface area contributed by atoms with Gasteiger partial charge in [-0.05, 0) is 127 Å². The molecule has 0 spiro atoms. The number of carbonyl (C=O) groups excluding carboxylic acids is 1. The van der Waals surface area contributed by atoms with Crippen LogP contribution < -0.4 is 5.32 Å². The molecule has 62 heavy (non-hydrogen) atoms. The van der Waals surface area contributed by atoms with Gasteiger partial charge < -0.3 is 15.3 Å². The number of anilines is 1. The molecule has 0 saturated carbocycles. The van der Waals surface area contributed by atoms with Crippen molar-refractivity contribution >= 4 is 58.0 Å². The summed E-state index contributed by atoms with van der Waals surface area (Å²) < 4.78 is 0. The van der Waals surface area contributed by atoms with Crippen LogP contribution in [0.2, 0.25) is 0 Å². The molecular weight excluding hydrogens is 759 g/mol. The third-order valence-corrected chi connectivity index (χ3v) is 12.0. The minimum atomic E-state index is -0.109. The van der Waals surface area contributed by atoms with Crippen molar-refractivity contribution in [3.63, 3.8) is 0 Å². The number of fused-ring (bicyclic) bond motifs is 8. The number of aromatic nitrogens is 4. The molecule has 0 fully saturated rings. The van der Waals surface area contributed by atoms with Crippen LogP contribution in [0.3, 0.4) is 0 Å². The maximum Gasteiger partial charge on any atom is 0.221 e. The molecule has 5 heterocycles. The molecule has 3 N–H and O–H groups in total. The van der Waals surface area contributed by atoms with Gasteiger partial charge in [-0.3, -0.25) is 4.79 Å². The largest absolute Gasteiger partial charge is 0.355 e. The average molecular weight is 820 g/mol. The van der Waals surface area contributed by atoms with Crippen LogP contribution in [-0.2, 0) is 26.5 Å². The molecule has 3 aromatic carbocycles. The van der Waals surface area contributed by atoms with E-state index in [4.69, 9.17) is 9.97 Å². The number of nitrogens with one attached hydrogen (secondary N) is 3. The predicted octanol–water partition coefficient (Wildman–Crippen LogP) is 14.8. The van der Waals surface area contributed by atoms with Crippen molar-refractivity contribution in [1.82, 2.24) is 19.9 Å². The number of nitrogens with zero attached hydrogens (tertiary/aromatic N) is 2. The lowest BCUT2D eigenvalue weighted by Gasteiger charge is -2.26. The Kier molecular flexibility index (Phi) is 10.4. The summed E-state index contributed by atoms with van der Waals surface area (Å²) in [5.74, 6) is -0.109. The number of hydrogen-bond acceptors (Lipinski definition) is 3. The molecule has 6 aromatic rings. The zero-order chi connectivity index (χ0) is 44.5. The molecule has 0 saturated heterocycles. The molecule has 6 nitrogen and oxygen atoms in total. The Morgan fingerprint density at radius 3 is 1.31 bits per heavy atom. The van der Waals surface area contributed by atoms with Crippen LogP contribution in [-0.4, -0.2) is 25.8 Å². The maximum atomic E-state index is 12.0. The first kappa shape index (κ1) is 42.4. The zero-order valence-electron chi connectivity index (χ0n) is 38.8. The Balaban J connectivity index is 1.51. The predicted molar refractivity (Wildman–Crippen MR) is 264 cm³/mol. The highest BCUT2D eigenvalue weighted by Crippen LogP contribution is 2.41. The summed E-state index contributed by atoms with van der Waals surface area (Å²) in [6.07, 6.45) is 8.54. The number of hydrogen-bond donors (Lipinski definition) is 3. The van der Waals surface area contributed by atoms with Gasteiger partial charge in [0.1, 0.15) is 0 Å². The van der Waals surface area contributed by atoms with Gasteiger partial charge in [-0.2, -0.15) is 0 Å². The third kappa shape index (κ3) is 8.61. The van der Waals surface area contributed by atoms with Crippen molar-refractivity contribution in [3.05, 3.63) is 136 Å². The summed E-state index contributed by atoms with van der Waals surface area (Å²) in [4.78, 5) is 30.6. The van der Waals surface area contributed by atoms with Crippen LogP contribution >= 0.6 is 0 Å². The van der Waals surface area contributed by atoms with Crippen molar-refractivity contribution in [1.29, 1.82) is 0 Å². The van der Waals surface area contributed by atoms with Crippen LogP contribution in [0.1, 0.15) is 135 Å². The molecule has 2 aliphatic heterocycles. The fourth-order valence-corrected chi connectivity index (χ4v) is 8.25. The summed E-state index contributed by atoms with van der Waals surface area (Å²) in [6, 6.07) is 32.9. The number of amides is 1. The van der Waals surface area contributed by atoms with Gasteiger partial charge in [0.15, 0.2) is 0 Å². The molecule has 3 aromatic heterocycles. The lowest BCUT2D eigenvalue weighted by molar-refractivity contribution is -0.114. The maximum absolute atomic E-state index is 12.0. The number of rotatable bonds is 4. The van der Waals surface area contributed by atoms with Crippen LogP contribution in [0, 0.1) is 0 Å². The van der Waals surface area contributed by atoms with Gasteiger partial charge in [-0.1, -0.05) is 132 Å². The molecule has 2 aliphatic rings. The van der Waals surface area contributed by atoms with E-state index in [-0.39, 0.29) is 27.6 Å². The third-order valence-electron chi connectivity index (χ3n) is 12.0. The first-order chi connectivity index (χ1) is 29.0. The number of H-pyrrole nitrogens is 2. The molecule has 8 rings (SSSR count). The molecule has 1 amide bonds. The lowest BCUT2D eigenvalue weighted by Crippen LogP contribution is -2.16. The highest BCUT2D eigenvalue weighted by molar-refractivity contribution is 5.98. The quantitative estimate of drug-likeness (QED) is 0.165. The van der Waals surface area contributed by atoms with Gasteiger partial charge >= 0.3 is 0 Å². The highest BCUT2D eigenvalue weighted by atomic mass is 16.1. The lowest BCUT2D eigenvalue weighted by atomic mass is 9.78. The second-order valence-electron chi connectivity index (χ2n) is 21.2. The van der Waals surface area contributed by atoms with Crippen molar-refractivity contribution in [2.24, 2.45) is 0 Å². The molecule has 0 atom stereocenters. The van der Waals surface area contributed by atoms with E-state index in [0.717, 1.165) is 83.9 Å². The monoisotopic (exact) mass is 819 g/mol. The summed E-state index contributed by atoms with van der Waals surface area (Å²) >= 11 is 0. The number of aromatic amines is 2. The Morgan fingerprint density at radius 1 is 0.452 bits per heavy atom. The van der Waals surface area contributed by atoms with Gasteiger partial charge in [0.25, 0.3) is 0 Å². The average Bonchev–Trinajstić information content (AvgIpc) is 4.01. The van der Waals surface area contributed by atoms with E-state index in [1.807, 2.05) is 12.1 Å². The van der Waals surface area contributed by atoms with Crippen LogP contribution in [0.5, 0.6) is 0 Å². The highest BCUT2D eigenvalue weighted by Gasteiger charge is 2.25. The van der Waals surface area contributed by atoms with Gasteiger partial charge in [0.2, 0.25) is 5.91 Å². The topological polar surface area (TPSA) is 86.5 Å². The van der Waals surface area contributed by atoms with Gasteiger partial charge in [-0.15, -0.1) is 0 Å². The van der Waals surface area contributed by atoms with Crippen molar-refractivity contribution in [2.45, 2.75) is 112 Å². The SMILES string of the molecule is CC(=O)Nc1ccc(-c2c3nc(c(-c4cc(C(C)(C)C)cc(C(C)(C)C)c4)c4ccc(cc5nc(c(-c6cc(C(C)(C)C)cc(C(C)(C)C)c6)c6ccc2[nH]6)C=C5)[nH]4)C=C3)cc1. The molecule has 0 aliphatic carbocycles. The zero-order valence-corrected chi connectivity index (χ0v) is 38.8. The summed E-state index contributed by atoms with van der Waals surface area (Å²) in [6.45, 7) is 28.9. The minimum absolute atomic E-state index is 0.0662. The van der Waals surface area contributed by atoms with Crippen molar-refractivity contribution in [3.8, 4) is 33.4 Å². The smallest absolute Gasteiger partial charge is 0.221 e. The van der Waals surface area contributed by atoms with Crippen LogP contribution in [0.15, 0.2) is 91.0 Å². The first-order valence-corrected chi connectivity index (χ1v) is 21.9. The summed E-state index contributed by atoms with van der Waals surface area (Å²) in [5, 5.41) is 2.93. The summed E-state index contributed by atoms with van der Waals surface area (Å²) in [7, 11) is 0. The van der Waals surface area contributed by atoms with Gasteiger partial charge in [-0.25, -0.2) is 9.97 Å². The van der Waals surface area contributed by atoms with Crippen LogP contribution in [0.4, 0.5) is 5.69 Å². The van der Waals surface area contributed by atoms with E-state index in [1.165, 1.54) is 29.2 Å². The minimum Gasteiger partial charge on any atom is -0.355 e. The van der Waals surface area contributed by atoms with E-state index in [2.05, 4.69) is 202 Å². The fourth-order valence-electron chi connectivity index (χ4n) is 8.25. The Hall–Kier alpha value is -6.27. The molecule has 0 unspecified atom stereocenters. The Bertz CT molecular complexity index is 2840. The first-order valence-electron chi connectivity index (χ1n) is 21.9. The second kappa shape index (κ2) is 15.3. The van der Waals surface area contributed by atoms with Gasteiger partial charge in [0.05, 0.1) is 22.8 Å². The standard InChI is InChI=1S/C56H61N5O/c1-33(62)57-41-16-14-34(15-17-41)50-46-22-24-48(60-46)51(35-26-37(53(2,3)4)30-38(27-35)54(5,6)7)44-20-18-42(58-44)32-43-19-21-45(59-43)52(49-25-23-47(50)61-49)36-28-39(55(8,9)10)31-40(29-36)56(11,12)13/h14-32,58,61H,1-13H3,(H,57,62). The molecular formula is C56H61N5O. The van der Waals surface area contributed by atoms with E-state index in [1.54, 1.807) is 0 Å². The number of benzene rings is 3. The van der Waals surface area contributed by atoms with Crippen LogP contribution in [0.25, 0.3) is 79.8 Å². The Morgan fingerprint density at radius 2 is 0.855 bits per heavy atom. The summed E-state index contributed by atoms with van der Waals surface area (Å²) in [5.41, 5.74) is 19.1. The van der Waals surface area contributed by atoms with Crippen molar-refractivity contribution in [2.75, 3.05) is 5.32 Å². The van der Waals surface area contributed by atoms with E-state index in [0.29, 0.717) is 0 Å². The molecule has 0 radical (unpaired) electrons. The van der Waals surface area contributed by atoms with Crippen molar-refractivity contribution < 1.29 is 4.79 Å². The fraction of sp³-hybridized carbons (Fsp3) is 0.304. The van der Waals surface area contributed by atoms with E-state index < -0.39 is 0 Å². The molecule has 8 bridgehead atoms. The molecule has 316 valence electrons. The Labute approximate surface area is 367 Å².